The maximum absolute atomic E-state index is 5.73. The van der Waals surface area contributed by atoms with Gasteiger partial charge in [-0.3, -0.25) is 0 Å². The van der Waals surface area contributed by atoms with Gasteiger partial charge in [-0.2, -0.15) is 4.98 Å². The monoisotopic (exact) mass is 364 g/mol. The van der Waals surface area contributed by atoms with Gasteiger partial charge < -0.3 is 8.94 Å². The van der Waals surface area contributed by atoms with E-state index in [1.807, 2.05) is 62.4 Å². The molecule has 6 nitrogen and oxygen atoms in total. The van der Waals surface area contributed by atoms with Crippen LogP contribution in [-0.4, -0.2) is 20.3 Å². The van der Waals surface area contributed by atoms with Gasteiger partial charge in [-0.25, -0.2) is 0 Å². The lowest BCUT2D eigenvalue weighted by molar-refractivity contribution is 0.391. The summed E-state index contributed by atoms with van der Waals surface area (Å²) in [6.07, 6.45) is 0. The Kier molecular flexibility index (Phi) is 4.53. The molecule has 0 fully saturated rings. The van der Waals surface area contributed by atoms with Gasteiger partial charge in [-0.15, -0.1) is 10.2 Å². The third-order valence-corrected chi connectivity index (χ3v) is 4.76. The van der Waals surface area contributed by atoms with Crippen LogP contribution in [0.3, 0.4) is 0 Å². The summed E-state index contributed by atoms with van der Waals surface area (Å²) in [6, 6.07) is 15.8. The lowest BCUT2D eigenvalue weighted by Gasteiger charge is -1.98. The number of rotatable bonds is 5. The number of benzene rings is 2. The molecule has 0 radical (unpaired) electrons. The molecule has 130 valence electrons. The van der Waals surface area contributed by atoms with Crippen LogP contribution in [0.1, 0.15) is 17.0 Å². The fourth-order valence-corrected chi connectivity index (χ4v) is 3.16. The van der Waals surface area contributed by atoms with Crippen molar-refractivity contribution in [2.45, 2.75) is 24.8 Å². The largest absolute Gasteiger partial charge is 0.411 e. The van der Waals surface area contributed by atoms with Gasteiger partial charge in [-0.1, -0.05) is 59.4 Å². The Labute approximate surface area is 154 Å². The van der Waals surface area contributed by atoms with Gasteiger partial charge in [0.05, 0.1) is 5.75 Å². The number of aromatic nitrogens is 4. The fourth-order valence-electron chi connectivity index (χ4n) is 2.56. The van der Waals surface area contributed by atoms with Crippen molar-refractivity contribution in [2.75, 3.05) is 0 Å². The molecule has 0 amide bonds. The Bertz CT molecular complexity index is 957. The molecule has 26 heavy (non-hydrogen) atoms. The zero-order chi connectivity index (χ0) is 17.9. The van der Waals surface area contributed by atoms with Crippen molar-refractivity contribution in [3.05, 3.63) is 65.5 Å². The summed E-state index contributed by atoms with van der Waals surface area (Å²) in [7, 11) is 0. The molecule has 2 aromatic heterocycles. The van der Waals surface area contributed by atoms with Gasteiger partial charge in [0, 0.05) is 11.1 Å². The van der Waals surface area contributed by atoms with Crippen molar-refractivity contribution in [3.63, 3.8) is 0 Å². The van der Waals surface area contributed by atoms with Crippen molar-refractivity contribution in [1.82, 2.24) is 20.3 Å². The minimum atomic E-state index is 0.467. The number of thioether (sulfide) groups is 1. The van der Waals surface area contributed by atoms with Crippen molar-refractivity contribution in [2.24, 2.45) is 0 Å². The maximum Gasteiger partial charge on any atom is 0.277 e. The molecule has 0 saturated heterocycles. The molecule has 0 bridgehead atoms. The zero-order valence-electron chi connectivity index (χ0n) is 14.3. The van der Waals surface area contributed by atoms with Crippen molar-refractivity contribution in [3.8, 4) is 22.8 Å². The van der Waals surface area contributed by atoms with Gasteiger partial charge in [0.25, 0.3) is 5.22 Å². The van der Waals surface area contributed by atoms with Crippen LogP contribution in [0.15, 0.2) is 62.7 Å². The zero-order valence-corrected chi connectivity index (χ0v) is 15.2. The predicted molar refractivity (Wildman–Crippen MR) is 98.5 cm³/mol. The van der Waals surface area contributed by atoms with Gasteiger partial charge in [0.15, 0.2) is 0 Å². The minimum absolute atomic E-state index is 0.467. The van der Waals surface area contributed by atoms with E-state index in [0.717, 1.165) is 22.3 Å². The van der Waals surface area contributed by atoms with Crippen LogP contribution < -0.4 is 0 Å². The first-order chi connectivity index (χ1) is 12.7. The summed E-state index contributed by atoms with van der Waals surface area (Å²) >= 11 is 1.37. The summed E-state index contributed by atoms with van der Waals surface area (Å²) in [5.41, 5.74) is 4.10. The van der Waals surface area contributed by atoms with Crippen LogP contribution >= 0.6 is 11.8 Å². The van der Waals surface area contributed by atoms with Crippen LogP contribution in [0.2, 0.25) is 0 Å². The second kappa shape index (κ2) is 7.13. The van der Waals surface area contributed by atoms with Crippen LogP contribution in [-0.2, 0) is 5.75 Å². The van der Waals surface area contributed by atoms with Crippen LogP contribution in [0.25, 0.3) is 22.8 Å². The van der Waals surface area contributed by atoms with E-state index >= 15 is 0 Å². The third kappa shape index (κ3) is 3.39. The van der Waals surface area contributed by atoms with E-state index in [-0.39, 0.29) is 0 Å². The summed E-state index contributed by atoms with van der Waals surface area (Å²) in [4.78, 5) is 4.45. The highest BCUT2D eigenvalue weighted by atomic mass is 32.2. The molecule has 0 atom stereocenters. The molecule has 0 unspecified atom stereocenters. The normalized spacial score (nSPS) is 11.0. The molecule has 4 rings (SSSR count). The quantitative estimate of drug-likeness (QED) is 0.475. The molecule has 4 aromatic rings. The van der Waals surface area contributed by atoms with Crippen molar-refractivity contribution >= 4 is 11.8 Å². The SMILES string of the molecule is Cc1ccccc1-c1noc(CSc2nnc(-c3ccccc3C)o2)n1. The van der Waals surface area contributed by atoms with Crippen LogP contribution in [0.4, 0.5) is 0 Å². The number of nitrogens with zero attached hydrogens (tertiary/aromatic N) is 4. The smallest absolute Gasteiger partial charge is 0.277 e. The molecular weight excluding hydrogens is 348 g/mol. The van der Waals surface area contributed by atoms with E-state index < -0.39 is 0 Å². The molecular formula is C19H16N4O2S. The second-order valence-corrected chi connectivity index (χ2v) is 6.73. The highest BCUT2D eigenvalue weighted by molar-refractivity contribution is 7.98. The van der Waals surface area contributed by atoms with Gasteiger partial charge in [0.1, 0.15) is 0 Å². The average Bonchev–Trinajstić information content (AvgIpc) is 3.30. The van der Waals surface area contributed by atoms with Gasteiger partial charge in [-0.05, 0) is 31.0 Å². The summed E-state index contributed by atoms with van der Waals surface area (Å²) in [6.45, 7) is 4.03. The standard InChI is InChI=1S/C19H16N4O2S/c1-12-7-3-5-9-14(12)17-20-16(25-23-17)11-26-19-22-21-18(24-19)15-10-6-4-8-13(15)2/h3-10H,11H2,1-2H3. The molecule has 2 aromatic carbocycles. The Hall–Kier alpha value is -2.93. The second-order valence-electron chi connectivity index (χ2n) is 5.80. The summed E-state index contributed by atoms with van der Waals surface area (Å²) in [5.74, 6) is 2.08. The molecule has 2 heterocycles. The maximum atomic E-state index is 5.73. The van der Waals surface area contributed by atoms with Crippen molar-refractivity contribution in [1.29, 1.82) is 0 Å². The first kappa shape index (κ1) is 16.5. The summed E-state index contributed by atoms with van der Waals surface area (Å²) in [5, 5.41) is 12.7. The Balaban J connectivity index is 1.46. The van der Waals surface area contributed by atoms with Gasteiger partial charge in [0.2, 0.25) is 17.6 Å². The number of hydrogen-bond donors (Lipinski definition) is 0. The topological polar surface area (TPSA) is 77.8 Å². The van der Waals surface area contributed by atoms with E-state index in [1.165, 1.54) is 11.8 Å². The fraction of sp³-hybridized carbons (Fsp3) is 0.158. The van der Waals surface area contributed by atoms with Crippen LogP contribution in [0.5, 0.6) is 0 Å². The molecule has 0 spiro atoms. The molecule has 7 heteroatoms. The average molecular weight is 364 g/mol. The third-order valence-electron chi connectivity index (χ3n) is 3.96. The molecule has 0 aliphatic carbocycles. The highest BCUT2D eigenvalue weighted by Crippen LogP contribution is 2.28. The molecule has 0 aliphatic rings. The Morgan fingerprint density at radius 2 is 1.58 bits per heavy atom. The van der Waals surface area contributed by atoms with Gasteiger partial charge >= 0.3 is 0 Å². The van der Waals surface area contributed by atoms with E-state index in [0.29, 0.717) is 28.6 Å². The molecule has 0 N–H and O–H groups in total. The minimum Gasteiger partial charge on any atom is -0.411 e. The first-order valence-corrected chi connectivity index (χ1v) is 9.10. The lowest BCUT2D eigenvalue weighted by atomic mass is 10.1. The van der Waals surface area contributed by atoms with E-state index in [1.54, 1.807) is 0 Å². The van der Waals surface area contributed by atoms with Crippen molar-refractivity contribution < 1.29 is 8.94 Å². The number of aryl methyl sites for hydroxylation is 2. The van der Waals surface area contributed by atoms with E-state index in [2.05, 4.69) is 20.3 Å². The first-order valence-electron chi connectivity index (χ1n) is 8.11. The predicted octanol–water partition coefficient (Wildman–Crippen LogP) is 4.70. The Morgan fingerprint density at radius 1 is 0.885 bits per heavy atom. The van der Waals surface area contributed by atoms with E-state index in [4.69, 9.17) is 8.94 Å². The summed E-state index contributed by atoms with van der Waals surface area (Å²) < 4.78 is 11.1. The lowest BCUT2D eigenvalue weighted by Crippen LogP contribution is -1.85. The highest BCUT2D eigenvalue weighted by Gasteiger charge is 2.14. The Morgan fingerprint density at radius 3 is 2.31 bits per heavy atom. The van der Waals surface area contributed by atoms with E-state index in [9.17, 15) is 0 Å². The molecule has 0 aliphatic heterocycles. The van der Waals surface area contributed by atoms with Crippen LogP contribution in [0, 0.1) is 13.8 Å². The number of hydrogen-bond acceptors (Lipinski definition) is 7. The molecule has 0 saturated carbocycles.